The van der Waals surface area contributed by atoms with Crippen LogP contribution >= 0.6 is 11.3 Å². The minimum atomic E-state index is -3.04. The van der Waals surface area contributed by atoms with Crippen LogP contribution in [0.3, 0.4) is 0 Å². The van der Waals surface area contributed by atoms with Crippen LogP contribution in [0.5, 0.6) is 0 Å². The molecule has 2 aromatic rings. The third-order valence-electron chi connectivity index (χ3n) is 4.37. The van der Waals surface area contributed by atoms with Crippen LogP contribution in [0.15, 0.2) is 35.7 Å². The topological polar surface area (TPSA) is 70.6 Å². The number of sulfone groups is 1. The van der Waals surface area contributed by atoms with E-state index in [1.54, 1.807) is 35.4 Å². The van der Waals surface area contributed by atoms with Crippen molar-refractivity contribution in [3.8, 4) is 0 Å². The normalized spacial score (nSPS) is 19.0. The maximum Gasteiger partial charge on any atom is 0.243 e. The molecule has 0 radical (unpaired) electrons. The van der Waals surface area contributed by atoms with Gasteiger partial charge in [0, 0.05) is 25.9 Å². The van der Waals surface area contributed by atoms with Crippen molar-refractivity contribution in [3.63, 3.8) is 0 Å². The van der Waals surface area contributed by atoms with E-state index in [1.165, 1.54) is 5.56 Å². The lowest BCUT2D eigenvalue weighted by atomic mass is 10.2. The molecule has 8 heteroatoms. The minimum Gasteiger partial charge on any atom is -0.273 e. The summed E-state index contributed by atoms with van der Waals surface area (Å²) in [5.74, 6) is 0.0640. The maximum absolute atomic E-state index is 12.8. The molecule has 1 aliphatic heterocycles. The minimum absolute atomic E-state index is 0.0350. The zero-order valence-corrected chi connectivity index (χ0v) is 16.6. The number of benzene rings is 1. The Morgan fingerprint density at radius 3 is 2.62 bits per heavy atom. The van der Waals surface area contributed by atoms with Gasteiger partial charge in [-0.1, -0.05) is 30.3 Å². The molecule has 1 fully saturated rings. The summed E-state index contributed by atoms with van der Waals surface area (Å²) in [6, 6.07) is 9.80. The molecule has 1 unspecified atom stereocenters. The van der Waals surface area contributed by atoms with Gasteiger partial charge in [0.1, 0.15) is 0 Å². The third-order valence-corrected chi connectivity index (χ3v) is 7.02. The summed E-state index contributed by atoms with van der Waals surface area (Å²) in [7, 11) is 0.492. The first-order valence-electron chi connectivity index (χ1n) is 8.51. The Balaban J connectivity index is 1.66. The van der Waals surface area contributed by atoms with Gasteiger partial charge in [-0.2, -0.15) is 0 Å². The van der Waals surface area contributed by atoms with Crippen LogP contribution in [-0.4, -0.2) is 61.0 Å². The van der Waals surface area contributed by atoms with Crippen molar-refractivity contribution < 1.29 is 13.2 Å². The second-order valence-corrected chi connectivity index (χ2v) is 9.89. The molecule has 0 bridgehead atoms. The summed E-state index contributed by atoms with van der Waals surface area (Å²) >= 11 is 1.55. The van der Waals surface area contributed by atoms with Crippen molar-refractivity contribution in [2.75, 3.05) is 25.6 Å². The summed E-state index contributed by atoms with van der Waals surface area (Å²) < 4.78 is 23.5. The van der Waals surface area contributed by atoms with Gasteiger partial charge < -0.3 is 0 Å². The number of hydrazine groups is 1. The summed E-state index contributed by atoms with van der Waals surface area (Å²) in [6.07, 6.45) is 1.42. The molecule has 0 spiro atoms. The Morgan fingerprint density at radius 2 is 2.00 bits per heavy atom. The molecule has 1 aromatic carbocycles. The Labute approximate surface area is 158 Å². The number of amides is 1. The highest BCUT2D eigenvalue weighted by Gasteiger charge is 2.36. The summed E-state index contributed by atoms with van der Waals surface area (Å²) in [5.41, 5.74) is 1.92. The lowest BCUT2D eigenvalue weighted by Crippen LogP contribution is -2.50. The second kappa shape index (κ2) is 7.85. The Bertz CT molecular complexity index is 863. The van der Waals surface area contributed by atoms with Gasteiger partial charge in [0.05, 0.1) is 34.7 Å². The zero-order chi connectivity index (χ0) is 18.7. The van der Waals surface area contributed by atoms with Crippen LogP contribution in [0.4, 0.5) is 0 Å². The first-order chi connectivity index (χ1) is 12.3. The zero-order valence-electron chi connectivity index (χ0n) is 15.0. The number of aromatic nitrogens is 1. The smallest absolute Gasteiger partial charge is 0.243 e. The Hall–Kier alpha value is -1.77. The van der Waals surface area contributed by atoms with Crippen molar-refractivity contribution in [1.82, 2.24) is 15.0 Å². The SMILES string of the molecule is CN(C)N(C(=O)Cc1csc(Cc2ccccc2)n1)C1CCS(=O)(=O)C1. The van der Waals surface area contributed by atoms with E-state index in [1.807, 2.05) is 23.6 Å². The van der Waals surface area contributed by atoms with Crippen LogP contribution in [0.1, 0.15) is 22.7 Å². The molecule has 1 aromatic heterocycles. The molecule has 0 saturated carbocycles. The third kappa shape index (κ3) is 4.69. The van der Waals surface area contributed by atoms with Gasteiger partial charge in [-0.15, -0.1) is 11.3 Å². The first kappa shape index (κ1) is 19.0. The van der Waals surface area contributed by atoms with E-state index in [0.717, 1.165) is 17.1 Å². The lowest BCUT2D eigenvalue weighted by Gasteiger charge is -2.33. The second-order valence-electron chi connectivity index (χ2n) is 6.71. The van der Waals surface area contributed by atoms with E-state index in [4.69, 9.17) is 0 Å². The summed E-state index contributed by atoms with van der Waals surface area (Å²) in [5, 5.41) is 6.14. The van der Waals surface area contributed by atoms with Crippen LogP contribution in [-0.2, 0) is 27.5 Å². The maximum atomic E-state index is 12.8. The van der Waals surface area contributed by atoms with Crippen LogP contribution in [0.2, 0.25) is 0 Å². The molecule has 1 aliphatic rings. The molecule has 0 N–H and O–H groups in total. The largest absolute Gasteiger partial charge is 0.273 e. The Morgan fingerprint density at radius 1 is 1.27 bits per heavy atom. The van der Waals surface area contributed by atoms with E-state index in [9.17, 15) is 13.2 Å². The van der Waals surface area contributed by atoms with Gasteiger partial charge in [-0.3, -0.25) is 9.80 Å². The van der Waals surface area contributed by atoms with E-state index < -0.39 is 9.84 Å². The lowest BCUT2D eigenvalue weighted by molar-refractivity contribution is -0.148. The molecule has 2 heterocycles. The van der Waals surface area contributed by atoms with E-state index in [-0.39, 0.29) is 29.9 Å². The van der Waals surface area contributed by atoms with Crippen LogP contribution in [0, 0.1) is 0 Å². The first-order valence-corrected chi connectivity index (χ1v) is 11.2. The Kier molecular flexibility index (Phi) is 5.74. The molecule has 1 amide bonds. The number of hydrogen-bond acceptors (Lipinski definition) is 6. The highest BCUT2D eigenvalue weighted by atomic mass is 32.2. The predicted octanol–water partition coefficient (Wildman–Crippen LogP) is 1.77. The van der Waals surface area contributed by atoms with Crippen molar-refractivity contribution in [2.45, 2.75) is 25.3 Å². The average molecular weight is 394 g/mol. The fraction of sp³-hybridized carbons (Fsp3) is 0.444. The molecule has 140 valence electrons. The number of carbonyl (C=O) groups excluding carboxylic acids is 1. The van der Waals surface area contributed by atoms with Crippen LogP contribution in [0.25, 0.3) is 0 Å². The van der Waals surface area contributed by atoms with Gasteiger partial charge >= 0.3 is 0 Å². The van der Waals surface area contributed by atoms with Crippen molar-refractivity contribution in [3.05, 3.63) is 52.0 Å². The number of thiazole rings is 1. The monoisotopic (exact) mass is 393 g/mol. The molecule has 0 aliphatic carbocycles. The fourth-order valence-electron chi connectivity index (χ4n) is 3.24. The number of nitrogens with zero attached hydrogens (tertiary/aromatic N) is 3. The standard InChI is InChI=1S/C18H23N3O3S2/c1-20(2)21(16-8-9-26(23,24)13-16)18(22)11-15-12-25-17(19-15)10-14-6-4-3-5-7-14/h3-7,12,16H,8-11,13H2,1-2H3. The van der Waals surface area contributed by atoms with Crippen LogP contribution < -0.4 is 0 Å². The van der Waals surface area contributed by atoms with Gasteiger partial charge in [0.25, 0.3) is 0 Å². The molecular formula is C18H23N3O3S2. The molecule has 26 heavy (non-hydrogen) atoms. The summed E-state index contributed by atoms with van der Waals surface area (Å²) in [6.45, 7) is 0. The van der Waals surface area contributed by atoms with Gasteiger partial charge in [-0.05, 0) is 12.0 Å². The molecule has 1 saturated heterocycles. The highest BCUT2D eigenvalue weighted by molar-refractivity contribution is 7.91. The van der Waals surface area contributed by atoms with Gasteiger partial charge in [0.2, 0.25) is 5.91 Å². The molecule has 1 atom stereocenters. The van der Waals surface area contributed by atoms with E-state index >= 15 is 0 Å². The van der Waals surface area contributed by atoms with Gasteiger partial charge in [0.15, 0.2) is 9.84 Å². The molecular weight excluding hydrogens is 370 g/mol. The van der Waals surface area contributed by atoms with Crippen molar-refractivity contribution in [1.29, 1.82) is 0 Å². The quantitative estimate of drug-likeness (QED) is 0.700. The fourth-order valence-corrected chi connectivity index (χ4v) is 5.76. The average Bonchev–Trinajstić information content (AvgIpc) is 3.14. The summed E-state index contributed by atoms with van der Waals surface area (Å²) in [4.78, 5) is 17.4. The van der Waals surface area contributed by atoms with E-state index in [0.29, 0.717) is 6.42 Å². The van der Waals surface area contributed by atoms with Crippen molar-refractivity contribution >= 4 is 27.1 Å². The highest BCUT2D eigenvalue weighted by Crippen LogP contribution is 2.21. The van der Waals surface area contributed by atoms with Crippen molar-refractivity contribution in [2.24, 2.45) is 0 Å². The molecule has 3 rings (SSSR count). The predicted molar refractivity (Wildman–Crippen MR) is 103 cm³/mol. The number of rotatable bonds is 6. The number of carbonyl (C=O) groups is 1. The molecule has 6 nitrogen and oxygen atoms in total. The van der Waals surface area contributed by atoms with E-state index in [2.05, 4.69) is 17.1 Å². The number of hydrogen-bond donors (Lipinski definition) is 0. The van der Waals surface area contributed by atoms with Gasteiger partial charge in [-0.25, -0.2) is 18.4 Å².